The maximum atomic E-state index is 12.9. The van der Waals surface area contributed by atoms with E-state index in [0.29, 0.717) is 6.42 Å². The van der Waals surface area contributed by atoms with Gasteiger partial charge < -0.3 is 4.90 Å². The minimum atomic E-state index is -0.499. The van der Waals surface area contributed by atoms with Gasteiger partial charge in [0.25, 0.3) is 0 Å². The first-order valence-electron chi connectivity index (χ1n) is 6.99. The Morgan fingerprint density at radius 2 is 1.75 bits per heavy atom. The molecule has 0 aliphatic heterocycles. The van der Waals surface area contributed by atoms with Gasteiger partial charge in [0.2, 0.25) is 0 Å². The summed E-state index contributed by atoms with van der Waals surface area (Å²) in [6, 6.07) is 7.79. The molecule has 0 bridgehead atoms. The molecule has 0 amide bonds. The maximum absolute atomic E-state index is 12.9. The number of anilines is 1. The van der Waals surface area contributed by atoms with E-state index in [-0.39, 0.29) is 5.78 Å². The molecule has 0 saturated carbocycles. The molecule has 0 aliphatic rings. The Hall–Kier alpha value is -1.61. The summed E-state index contributed by atoms with van der Waals surface area (Å²) in [5.74, 6) is 0.162. The Balaban J connectivity index is 3.15. The van der Waals surface area contributed by atoms with Crippen molar-refractivity contribution in [3.8, 4) is 0 Å². The average Bonchev–Trinajstić information content (AvgIpc) is 2.43. The van der Waals surface area contributed by atoms with Crippen molar-refractivity contribution in [3.05, 3.63) is 42.5 Å². The van der Waals surface area contributed by atoms with E-state index in [0.717, 1.165) is 17.7 Å². The van der Waals surface area contributed by atoms with Crippen molar-refractivity contribution in [1.29, 1.82) is 0 Å². The van der Waals surface area contributed by atoms with Gasteiger partial charge in [0.1, 0.15) is 0 Å². The number of carbonyl (C=O) groups is 1. The van der Waals surface area contributed by atoms with Gasteiger partial charge in [-0.2, -0.15) is 0 Å². The molecular weight excluding hydrogens is 248 g/mol. The van der Waals surface area contributed by atoms with Crippen LogP contribution < -0.4 is 4.90 Å². The molecule has 3 nitrogen and oxygen atoms in total. The first-order valence-corrected chi connectivity index (χ1v) is 6.99. The summed E-state index contributed by atoms with van der Waals surface area (Å²) < 4.78 is 0. The van der Waals surface area contributed by atoms with Gasteiger partial charge in [-0.05, 0) is 51.2 Å². The second kappa shape index (κ2) is 6.71. The molecule has 1 atom stereocenters. The zero-order valence-corrected chi connectivity index (χ0v) is 13.3. The predicted octanol–water partition coefficient (Wildman–Crippen LogP) is 3.22. The van der Waals surface area contributed by atoms with Crippen LogP contribution in [-0.4, -0.2) is 44.4 Å². The highest BCUT2D eigenvalue weighted by molar-refractivity contribution is 6.03. The van der Waals surface area contributed by atoms with E-state index >= 15 is 0 Å². The van der Waals surface area contributed by atoms with Crippen molar-refractivity contribution in [2.75, 3.05) is 33.1 Å². The van der Waals surface area contributed by atoms with Crippen LogP contribution >= 0.6 is 0 Å². The lowest BCUT2D eigenvalue weighted by atomic mass is 9.82. The van der Waals surface area contributed by atoms with Gasteiger partial charge in [-0.3, -0.25) is 9.69 Å². The first-order chi connectivity index (χ1) is 9.39. The Morgan fingerprint density at radius 3 is 2.10 bits per heavy atom. The Kier molecular flexibility index (Phi) is 5.52. The van der Waals surface area contributed by atoms with Crippen molar-refractivity contribution in [2.24, 2.45) is 0 Å². The van der Waals surface area contributed by atoms with E-state index in [4.69, 9.17) is 0 Å². The van der Waals surface area contributed by atoms with Crippen molar-refractivity contribution < 1.29 is 4.79 Å². The molecule has 1 unspecified atom stereocenters. The molecule has 1 aromatic carbocycles. The topological polar surface area (TPSA) is 23.6 Å². The van der Waals surface area contributed by atoms with Crippen LogP contribution in [0.5, 0.6) is 0 Å². The number of benzene rings is 1. The fourth-order valence-electron chi connectivity index (χ4n) is 2.52. The standard InChI is InChI=1S/C17H26N2O/c1-7-13-17(8-2,19(5)6)16(20)14-9-11-15(12-10-14)18(3)4/h7,9-12H,1,8,13H2,2-6H3. The third-order valence-corrected chi connectivity index (χ3v) is 3.99. The number of hydrogen-bond donors (Lipinski definition) is 0. The highest BCUT2D eigenvalue weighted by atomic mass is 16.1. The fourth-order valence-corrected chi connectivity index (χ4v) is 2.52. The van der Waals surface area contributed by atoms with Crippen LogP contribution in [0.25, 0.3) is 0 Å². The van der Waals surface area contributed by atoms with E-state index < -0.39 is 5.54 Å². The maximum Gasteiger partial charge on any atom is 0.183 e. The number of nitrogens with zero attached hydrogens (tertiary/aromatic N) is 2. The van der Waals surface area contributed by atoms with Gasteiger partial charge in [-0.25, -0.2) is 0 Å². The number of ketones is 1. The van der Waals surface area contributed by atoms with Gasteiger partial charge >= 0.3 is 0 Å². The quantitative estimate of drug-likeness (QED) is 0.563. The fraction of sp³-hybridized carbons (Fsp3) is 0.471. The van der Waals surface area contributed by atoms with Crippen molar-refractivity contribution >= 4 is 11.5 Å². The van der Waals surface area contributed by atoms with Crippen molar-refractivity contribution in [1.82, 2.24) is 4.90 Å². The zero-order valence-electron chi connectivity index (χ0n) is 13.3. The number of carbonyl (C=O) groups excluding carboxylic acids is 1. The summed E-state index contributed by atoms with van der Waals surface area (Å²) >= 11 is 0. The van der Waals surface area contributed by atoms with Gasteiger partial charge in [-0.1, -0.05) is 13.0 Å². The van der Waals surface area contributed by atoms with Crippen LogP contribution in [-0.2, 0) is 0 Å². The Bertz CT molecular complexity index is 462. The monoisotopic (exact) mass is 274 g/mol. The van der Waals surface area contributed by atoms with Crippen LogP contribution in [0, 0.1) is 0 Å². The summed E-state index contributed by atoms with van der Waals surface area (Å²) in [4.78, 5) is 16.9. The van der Waals surface area contributed by atoms with E-state index in [9.17, 15) is 4.79 Å². The lowest BCUT2D eigenvalue weighted by Gasteiger charge is -2.37. The van der Waals surface area contributed by atoms with Crippen LogP contribution in [0.3, 0.4) is 0 Å². The molecule has 1 aromatic rings. The molecule has 0 spiro atoms. The minimum absolute atomic E-state index is 0.162. The molecule has 0 aromatic heterocycles. The molecule has 20 heavy (non-hydrogen) atoms. The SMILES string of the molecule is C=CCC(CC)(C(=O)c1ccc(N(C)C)cc1)N(C)C. The summed E-state index contributed by atoms with van der Waals surface area (Å²) in [5.41, 5.74) is 1.35. The summed E-state index contributed by atoms with van der Waals surface area (Å²) in [5, 5.41) is 0. The Morgan fingerprint density at radius 1 is 1.20 bits per heavy atom. The lowest BCUT2D eigenvalue weighted by molar-refractivity contribution is 0.0673. The predicted molar refractivity (Wildman–Crippen MR) is 86.6 cm³/mol. The van der Waals surface area contributed by atoms with Crippen molar-refractivity contribution in [2.45, 2.75) is 25.3 Å². The third-order valence-electron chi connectivity index (χ3n) is 3.99. The summed E-state index contributed by atoms with van der Waals surface area (Å²) in [6.45, 7) is 5.85. The Labute approximate surface area is 122 Å². The molecule has 0 radical (unpaired) electrons. The van der Waals surface area contributed by atoms with E-state index in [2.05, 4.69) is 13.5 Å². The van der Waals surface area contributed by atoms with E-state index in [1.807, 2.05) is 68.3 Å². The van der Waals surface area contributed by atoms with Gasteiger partial charge in [0.05, 0.1) is 5.54 Å². The van der Waals surface area contributed by atoms with Crippen LogP contribution in [0.15, 0.2) is 36.9 Å². The summed E-state index contributed by atoms with van der Waals surface area (Å²) in [7, 11) is 7.90. The second-order valence-corrected chi connectivity index (χ2v) is 5.54. The van der Waals surface area contributed by atoms with Crippen LogP contribution in [0.4, 0.5) is 5.69 Å². The molecular formula is C17H26N2O. The van der Waals surface area contributed by atoms with E-state index in [1.54, 1.807) is 0 Å². The molecule has 110 valence electrons. The zero-order chi connectivity index (χ0) is 15.3. The molecule has 0 fully saturated rings. The average molecular weight is 274 g/mol. The second-order valence-electron chi connectivity index (χ2n) is 5.54. The number of hydrogen-bond acceptors (Lipinski definition) is 3. The molecule has 0 aliphatic carbocycles. The number of rotatable bonds is 7. The summed E-state index contributed by atoms with van der Waals surface area (Å²) in [6.07, 6.45) is 3.25. The molecule has 1 rings (SSSR count). The van der Waals surface area contributed by atoms with Crippen LogP contribution in [0.2, 0.25) is 0 Å². The number of likely N-dealkylation sites (N-methyl/N-ethyl adjacent to an activating group) is 1. The molecule has 0 N–H and O–H groups in total. The van der Waals surface area contributed by atoms with Gasteiger partial charge in [0, 0.05) is 25.3 Å². The van der Waals surface area contributed by atoms with Gasteiger partial charge in [0.15, 0.2) is 5.78 Å². The lowest BCUT2D eigenvalue weighted by Crippen LogP contribution is -2.50. The smallest absolute Gasteiger partial charge is 0.183 e. The minimum Gasteiger partial charge on any atom is -0.378 e. The third kappa shape index (κ3) is 3.10. The van der Waals surface area contributed by atoms with E-state index in [1.165, 1.54) is 0 Å². The highest BCUT2D eigenvalue weighted by Gasteiger charge is 2.38. The number of Topliss-reactive ketones (excluding diaryl/α,β-unsaturated/α-hetero) is 1. The largest absolute Gasteiger partial charge is 0.378 e. The van der Waals surface area contributed by atoms with Crippen molar-refractivity contribution in [3.63, 3.8) is 0 Å². The molecule has 3 heteroatoms. The van der Waals surface area contributed by atoms with Crippen LogP contribution in [0.1, 0.15) is 30.1 Å². The molecule has 0 saturated heterocycles. The van der Waals surface area contributed by atoms with Gasteiger partial charge in [-0.15, -0.1) is 6.58 Å². The highest BCUT2D eigenvalue weighted by Crippen LogP contribution is 2.28. The first kappa shape index (κ1) is 16.4. The molecule has 0 heterocycles. The normalized spacial score (nSPS) is 13.9.